The van der Waals surface area contributed by atoms with Crippen LogP contribution in [0.25, 0.3) is 10.2 Å². The molecule has 0 atom stereocenters. The number of H-pyrrole nitrogens is 1. The fourth-order valence-electron chi connectivity index (χ4n) is 3.33. The number of thiophene rings is 1. The van der Waals surface area contributed by atoms with Crippen LogP contribution in [0.1, 0.15) is 33.8 Å². The highest BCUT2D eigenvalue weighted by Gasteiger charge is 2.22. The zero-order valence-corrected chi connectivity index (χ0v) is 15.9. The molecule has 3 aromatic heterocycles. The third-order valence-corrected chi connectivity index (χ3v) is 6.74. The molecule has 0 bridgehead atoms. The normalized spacial score (nSPS) is 13.7. The monoisotopic (exact) mass is 385 g/mol. The Morgan fingerprint density at radius 2 is 2.27 bits per heavy atom. The number of thioether (sulfide) groups is 1. The lowest BCUT2D eigenvalue weighted by atomic mass is 9.97. The average Bonchev–Trinajstić information content (AvgIpc) is 3.29. The number of allylic oxidation sites excluding steroid dienone is 1. The first kappa shape index (κ1) is 17.3. The van der Waals surface area contributed by atoms with Crippen LogP contribution in [0, 0.1) is 0 Å². The molecule has 0 amide bonds. The van der Waals surface area contributed by atoms with Crippen LogP contribution in [-0.4, -0.2) is 26.1 Å². The molecule has 1 aliphatic rings. The minimum absolute atomic E-state index is 0.00928. The van der Waals surface area contributed by atoms with Gasteiger partial charge in [0.2, 0.25) is 0 Å². The molecule has 1 aliphatic carbocycles. The Morgan fingerprint density at radius 1 is 1.42 bits per heavy atom. The summed E-state index contributed by atoms with van der Waals surface area (Å²) in [5.74, 6) is 0.228. The van der Waals surface area contributed by atoms with E-state index in [2.05, 4.69) is 11.6 Å². The quantitative estimate of drug-likeness (QED) is 0.303. The summed E-state index contributed by atoms with van der Waals surface area (Å²) in [6.45, 7) is 4.16. The predicted octanol–water partition coefficient (Wildman–Crippen LogP) is 3.83. The van der Waals surface area contributed by atoms with Gasteiger partial charge in [-0.3, -0.25) is 14.2 Å². The van der Waals surface area contributed by atoms with Crippen molar-refractivity contribution < 1.29 is 4.79 Å². The van der Waals surface area contributed by atoms with E-state index < -0.39 is 0 Å². The van der Waals surface area contributed by atoms with Gasteiger partial charge in [-0.2, -0.15) is 0 Å². The Bertz CT molecular complexity index is 1030. The van der Waals surface area contributed by atoms with Gasteiger partial charge in [0.15, 0.2) is 10.9 Å². The topological polar surface area (TPSA) is 67.8 Å². The van der Waals surface area contributed by atoms with Crippen LogP contribution in [0.5, 0.6) is 0 Å². The van der Waals surface area contributed by atoms with Gasteiger partial charge < -0.3 is 4.98 Å². The SMILES string of the molecule is C=CCn1c(SCC(=O)c2ccc[nH]2)nc2sc3c(c2c1=O)CCCC3. The van der Waals surface area contributed by atoms with Crippen molar-refractivity contribution in [1.29, 1.82) is 0 Å². The molecule has 0 saturated carbocycles. The van der Waals surface area contributed by atoms with Gasteiger partial charge in [-0.05, 0) is 43.4 Å². The van der Waals surface area contributed by atoms with Gasteiger partial charge >= 0.3 is 0 Å². The van der Waals surface area contributed by atoms with E-state index in [0.717, 1.165) is 29.5 Å². The highest BCUT2D eigenvalue weighted by molar-refractivity contribution is 7.99. The van der Waals surface area contributed by atoms with Crippen LogP contribution in [0.2, 0.25) is 0 Å². The predicted molar refractivity (Wildman–Crippen MR) is 107 cm³/mol. The molecule has 4 rings (SSSR count). The number of aromatic nitrogens is 3. The lowest BCUT2D eigenvalue weighted by Crippen LogP contribution is -2.23. The van der Waals surface area contributed by atoms with Crippen molar-refractivity contribution >= 4 is 39.1 Å². The summed E-state index contributed by atoms with van der Waals surface area (Å²) in [4.78, 5) is 35.2. The third-order valence-electron chi connectivity index (χ3n) is 4.58. The largest absolute Gasteiger partial charge is 0.359 e. The number of carbonyl (C=O) groups excluding carboxylic acids is 1. The maximum atomic E-state index is 13.1. The fourth-order valence-corrected chi connectivity index (χ4v) is 5.53. The number of Topliss-reactive ketones (excluding diaryl/α,β-unsaturated/α-hetero) is 1. The number of hydrogen-bond donors (Lipinski definition) is 1. The number of aryl methyl sites for hydroxylation is 2. The molecule has 5 nitrogen and oxygen atoms in total. The van der Waals surface area contributed by atoms with E-state index in [1.807, 2.05) is 0 Å². The molecule has 0 aromatic carbocycles. The molecule has 0 saturated heterocycles. The van der Waals surface area contributed by atoms with E-state index in [-0.39, 0.29) is 17.1 Å². The number of nitrogens with one attached hydrogen (secondary N) is 1. The molecule has 0 radical (unpaired) electrons. The summed E-state index contributed by atoms with van der Waals surface area (Å²) in [6.07, 6.45) is 7.72. The molecule has 1 N–H and O–H groups in total. The smallest absolute Gasteiger partial charge is 0.263 e. The number of rotatable bonds is 6. The van der Waals surface area contributed by atoms with Crippen LogP contribution in [0.3, 0.4) is 0 Å². The Kier molecular flexibility index (Phi) is 4.82. The lowest BCUT2D eigenvalue weighted by Gasteiger charge is -2.12. The minimum atomic E-state index is -0.0101. The highest BCUT2D eigenvalue weighted by Crippen LogP contribution is 2.34. The average molecular weight is 386 g/mol. The minimum Gasteiger partial charge on any atom is -0.359 e. The van der Waals surface area contributed by atoms with Crippen molar-refractivity contribution in [3.05, 3.63) is 57.5 Å². The third kappa shape index (κ3) is 3.05. The second kappa shape index (κ2) is 7.25. The van der Waals surface area contributed by atoms with Crippen LogP contribution in [0.4, 0.5) is 0 Å². The van der Waals surface area contributed by atoms with Gasteiger partial charge in [0.25, 0.3) is 5.56 Å². The Labute approximate surface area is 159 Å². The lowest BCUT2D eigenvalue weighted by molar-refractivity contribution is 0.101. The summed E-state index contributed by atoms with van der Waals surface area (Å²) in [7, 11) is 0. The molecule has 3 heterocycles. The highest BCUT2D eigenvalue weighted by atomic mass is 32.2. The van der Waals surface area contributed by atoms with Crippen LogP contribution in [0.15, 0.2) is 40.9 Å². The Hall–Kier alpha value is -2.12. The molecule has 3 aromatic rings. The molecule has 0 unspecified atom stereocenters. The van der Waals surface area contributed by atoms with E-state index >= 15 is 0 Å². The number of hydrogen-bond acceptors (Lipinski definition) is 5. The number of fused-ring (bicyclic) bond motifs is 3. The van der Waals surface area contributed by atoms with Crippen molar-refractivity contribution in [2.45, 2.75) is 37.4 Å². The van der Waals surface area contributed by atoms with Crippen LogP contribution in [-0.2, 0) is 19.4 Å². The second-order valence-electron chi connectivity index (χ2n) is 6.29. The molecular weight excluding hydrogens is 366 g/mol. The summed E-state index contributed by atoms with van der Waals surface area (Å²) >= 11 is 2.94. The zero-order valence-electron chi connectivity index (χ0n) is 14.3. The van der Waals surface area contributed by atoms with Crippen LogP contribution < -0.4 is 5.56 Å². The second-order valence-corrected chi connectivity index (χ2v) is 8.31. The first-order chi connectivity index (χ1) is 12.7. The zero-order chi connectivity index (χ0) is 18.1. The summed E-state index contributed by atoms with van der Waals surface area (Å²) in [6, 6.07) is 3.55. The first-order valence-corrected chi connectivity index (χ1v) is 10.4. The number of aromatic amines is 1. The van der Waals surface area contributed by atoms with E-state index in [1.54, 1.807) is 40.3 Å². The molecule has 0 fully saturated rings. The number of nitrogens with zero attached hydrogens (tertiary/aromatic N) is 2. The van der Waals surface area contributed by atoms with Crippen molar-refractivity contribution in [3.8, 4) is 0 Å². The summed E-state index contributed by atoms with van der Waals surface area (Å²) in [5, 5.41) is 1.35. The Balaban J connectivity index is 1.73. The molecule has 26 heavy (non-hydrogen) atoms. The molecule has 7 heteroatoms. The number of ketones is 1. The molecular formula is C19H19N3O2S2. The van der Waals surface area contributed by atoms with Gasteiger partial charge in [0.1, 0.15) is 4.83 Å². The summed E-state index contributed by atoms with van der Waals surface area (Å²) < 4.78 is 1.64. The summed E-state index contributed by atoms with van der Waals surface area (Å²) in [5.41, 5.74) is 1.75. The maximum absolute atomic E-state index is 13.1. The Morgan fingerprint density at radius 3 is 3.04 bits per heavy atom. The van der Waals surface area contributed by atoms with Gasteiger partial charge in [-0.15, -0.1) is 17.9 Å². The standard InChI is InChI=1S/C19H19N3O2S2/c1-2-10-22-18(24)16-12-6-3-4-8-15(12)26-17(16)21-19(22)25-11-14(23)13-7-5-9-20-13/h2,5,7,9,20H,1,3-4,6,8,10-11H2. The van der Waals surface area contributed by atoms with Gasteiger partial charge in [-0.1, -0.05) is 17.8 Å². The van der Waals surface area contributed by atoms with E-state index in [9.17, 15) is 9.59 Å². The van der Waals surface area contributed by atoms with Crippen molar-refractivity contribution in [2.75, 3.05) is 5.75 Å². The molecule has 134 valence electrons. The first-order valence-electron chi connectivity index (χ1n) is 8.64. The molecule has 0 aliphatic heterocycles. The van der Waals surface area contributed by atoms with E-state index in [4.69, 9.17) is 4.98 Å². The van der Waals surface area contributed by atoms with E-state index in [0.29, 0.717) is 17.4 Å². The van der Waals surface area contributed by atoms with Crippen molar-refractivity contribution in [3.63, 3.8) is 0 Å². The van der Waals surface area contributed by atoms with E-state index in [1.165, 1.54) is 28.6 Å². The van der Waals surface area contributed by atoms with Gasteiger partial charge in [0.05, 0.1) is 16.8 Å². The van der Waals surface area contributed by atoms with Gasteiger partial charge in [-0.25, -0.2) is 4.98 Å². The van der Waals surface area contributed by atoms with Gasteiger partial charge in [0, 0.05) is 17.6 Å². The number of carbonyl (C=O) groups is 1. The van der Waals surface area contributed by atoms with Crippen molar-refractivity contribution in [2.24, 2.45) is 0 Å². The van der Waals surface area contributed by atoms with Crippen molar-refractivity contribution in [1.82, 2.24) is 14.5 Å². The fraction of sp³-hybridized carbons (Fsp3) is 0.316. The molecule has 0 spiro atoms. The maximum Gasteiger partial charge on any atom is 0.263 e. The van der Waals surface area contributed by atoms with Crippen LogP contribution >= 0.6 is 23.1 Å².